The Balaban J connectivity index is 1.38. The number of aromatic hydroxyl groups is 1. The molecule has 0 aliphatic carbocycles. The van der Waals surface area contributed by atoms with Gasteiger partial charge in [0, 0.05) is 42.0 Å². The summed E-state index contributed by atoms with van der Waals surface area (Å²) >= 11 is 0. The zero-order valence-electron chi connectivity index (χ0n) is 26.8. The summed E-state index contributed by atoms with van der Waals surface area (Å²) in [5.74, 6) is -0.448. The highest BCUT2D eigenvalue weighted by Crippen LogP contribution is 2.40. The Morgan fingerprint density at radius 3 is 2.18 bits per heavy atom. The first-order valence-electron chi connectivity index (χ1n) is 16.7. The molecule has 45 heavy (non-hydrogen) atoms. The number of nitrogens with one attached hydrogen (secondary N) is 2. The van der Waals surface area contributed by atoms with Gasteiger partial charge in [0.15, 0.2) is 0 Å². The first kappa shape index (κ1) is 32.1. The van der Waals surface area contributed by atoms with Crippen LogP contribution in [-0.2, 0) is 18.3 Å². The lowest BCUT2D eigenvalue weighted by atomic mass is 9.85. The van der Waals surface area contributed by atoms with Crippen LogP contribution in [-0.4, -0.2) is 27.1 Å². The molecule has 6 heteroatoms. The number of rotatable bonds is 16. The van der Waals surface area contributed by atoms with Crippen LogP contribution in [0.4, 0.5) is 0 Å². The lowest BCUT2D eigenvalue weighted by molar-refractivity contribution is -0.121. The number of hydrogen-bond acceptors (Lipinski definition) is 3. The average Bonchev–Trinajstić information content (AvgIpc) is 3.43. The van der Waals surface area contributed by atoms with Crippen molar-refractivity contribution in [1.82, 2.24) is 14.9 Å². The number of aromatic nitrogens is 2. The van der Waals surface area contributed by atoms with Gasteiger partial charge in [0.25, 0.3) is 5.56 Å². The maximum Gasteiger partial charge on any atom is 0.258 e. The van der Waals surface area contributed by atoms with Gasteiger partial charge in [0.2, 0.25) is 5.91 Å². The second-order valence-electron chi connectivity index (χ2n) is 12.2. The van der Waals surface area contributed by atoms with E-state index in [0.29, 0.717) is 35.9 Å². The van der Waals surface area contributed by atoms with E-state index in [1.165, 1.54) is 44.9 Å². The Hall–Kier alpha value is -4.32. The number of unbranched alkanes of at least 4 members (excludes halogenated alkanes) is 8. The van der Waals surface area contributed by atoms with Gasteiger partial charge in [0.1, 0.15) is 5.75 Å². The molecule has 0 bridgehead atoms. The minimum Gasteiger partial charge on any atom is -0.507 e. The lowest BCUT2D eigenvalue weighted by Gasteiger charge is -2.22. The van der Waals surface area contributed by atoms with Crippen molar-refractivity contribution in [3.63, 3.8) is 0 Å². The van der Waals surface area contributed by atoms with E-state index < -0.39 is 5.92 Å². The van der Waals surface area contributed by atoms with Gasteiger partial charge < -0.3 is 20.0 Å². The standard InChI is InChI=1S/C39H47N3O3/c1-3-4-5-6-7-8-9-10-14-25-34(43)40-27-26-30-29-21-15-17-23-32(29)41-37(30)35(28-19-12-11-13-20-28)36-38(44)31-22-16-18-24-33(31)42(2)39(36)45/h11-13,15-24,35,41,44H,3-10,14,25-27H2,1-2H3,(H,40,43). The molecule has 0 saturated heterocycles. The molecule has 1 unspecified atom stereocenters. The molecule has 1 atom stereocenters. The fourth-order valence-corrected chi connectivity index (χ4v) is 6.63. The van der Waals surface area contributed by atoms with Crippen LogP contribution < -0.4 is 10.9 Å². The number of aromatic amines is 1. The zero-order chi connectivity index (χ0) is 31.6. The Kier molecular flexibility index (Phi) is 11.1. The number of aryl methyl sites for hydroxylation is 1. The van der Waals surface area contributed by atoms with Crippen LogP contribution in [0.1, 0.15) is 99.4 Å². The van der Waals surface area contributed by atoms with Crippen molar-refractivity contribution in [3.8, 4) is 5.75 Å². The number of pyridine rings is 1. The molecule has 0 saturated carbocycles. The third kappa shape index (κ3) is 7.50. The van der Waals surface area contributed by atoms with E-state index in [2.05, 4.69) is 23.3 Å². The van der Waals surface area contributed by atoms with Crippen molar-refractivity contribution >= 4 is 27.7 Å². The van der Waals surface area contributed by atoms with Crippen LogP contribution in [0.15, 0.2) is 83.7 Å². The molecule has 0 aliphatic heterocycles. The molecule has 2 heterocycles. The summed E-state index contributed by atoms with van der Waals surface area (Å²) in [5, 5.41) is 16.5. The van der Waals surface area contributed by atoms with Crippen molar-refractivity contribution < 1.29 is 9.90 Å². The molecule has 5 aromatic rings. The normalized spacial score (nSPS) is 12.1. The van der Waals surface area contributed by atoms with Crippen molar-refractivity contribution in [2.75, 3.05) is 6.54 Å². The highest BCUT2D eigenvalue weighted by atomic mass is 16.3. The smallest absolute Gasteiger partial charge is 0.258 e. The third-order valence-corrected chi connectivity index (χ3v) is 9.07. The van der Waals surface area contributed by atoms with Gasteiger partial charge in [-0.2, -0.15) is 0 Å². The summed E-state index contributed by atoms with van der Waals surface area (Å²) in [5.41, 5.74) is 4.55. The number of benzene rings is 3. The SMILES string of the molecule is CCCCCCCCCCCC(=O)NCCc1c(C(c2ccccc2)c2c(O)c3ccccc3n(C)c2=O)[nH]c2ccccc12. The highest BCUT2D eigenvalue weighted by molar-refractivity contribution is 5.88. The van der Waals surface area contributed by atoms with Gasteiger partial charge >= 0.3 is 0 Å². The van der Waals surface area contributed by atoms with Crippen LogP contribution >= 0.6 is 0 Å². The molecule has 6 nitrogen and oxygen atoms in total. The molecule has 1 amide bonds. The summed E-state index contributed by atoms with van der Waals surface area (Å²) in [6.07, 6.45) is 12.2. The molecule has 2 aromatic heterocycles. The Labute approximate surface area is 266 Å². The molecule has 5 rings (SSSR count). The van der Waals surface area contributed by atoms with Gasteiger partial charge in [-0.3, -0.25) is 9.59 Å². The quantitative estimate of drug-likeness (QED) is 0.0986. The molecule has 236 valence electrons. The second-order valence-corrected chi connectivity index (χ2v) is 12.2. The van der Waals surface area contributed by atoms with E-state index in [4.69, 9.17) is 0 Å². The molecule has 3 N–H and O–H groups in total. The number of carbonyl (C=O) groups excluding carboxylic acids is 1. The van der Waals surface area contributed by atoms with Gasteiger partial charge in [-0.25, -0.2) is 0 Å². The van der Waals surface area contributed by atoms with E-state index in [1.54, 1.807) is 11.6 Å². The van der Waals surface area contributed by atoms with E-state index >= 15 is 0 Å². The van der Waals surface area contributed by atoms with E-state index in [9.17, 15) is 14.7 Å². The first-order valence-corrected chi connectivity index (χ1v) is 16.7. The average molecular weight is 606 g/mol. The van der Waals surface area contributed by atoms with Crippen LogP contribution in [0.5, 0.6) is 5.75 Å². The summed E-state index contributed by atoms with van der Waals surface area (Å²) in [6, 6.07) is 25.4. The van der Waals surface area contributed by atoms with Crippen molar-refractivity contribution in [2.45, 2.75) is 83.5 Å². The number of H-pyrrole nitrogens is 1. The van der Waals surface area contributed by atoms with Crippen molar-refractivity contribution in [1.29, 1.82) is 0 Å². The highest BCUT2D eigenvalue weighted by Gasteiger charge is 2.30. The van der Waals surface area contributed by atoms with Crippen LogP contribution in [0, 0.1) is 0 Å². The van der Waals surface area contributed by atoms with E-state index in [1.807, 2.05) is 72.8 Å². The fourth-order valence-electron chi connectivity index (χ4n) is 6.63. The van der Waals surface area contributed by atoms with E-state index in [0.717, 1.165) is 40.6 Å². The largest absolute Gasteiger partial charge is 0.507 e. The Morgan fingerprint density at radius 1 is 0.822 bits per heavy atom. The minimum atomic E-state index is -0.533. The van der Waals surface area contributed by atoms with Crippen LogP contribution in [0.3, 0.4) is 0 Å². The Bertz CT molecular complexity index is 1770. The molecule has 0 aliphatic rings. The van der Waals surface area contributed by atoms with Gasteiger partial charge in [-0.15, -0.1) is 0 Å². The maximum atomic E-state index is 14.0. The fraction of sp³-hybridized carbons (Fsp3) is 0.385. The summed E-state index contributed by atoms with van der Waals surface area (Å²) in [4.78, 5) is 30.4. The zero-order valence-corrected chi connectivity index (χ0v) is 26.8. The number of fused-ring (bicyclic) bond motifs is 2. The summed E-state index contributed by atoms with van der Waals surface area (Å²) in [6.45, 7) is 2.74. The molecule has 0 fully saturated rings. The number of amides is 1. The second kappa shape index (κ2) is 15.6. The van der Waals surface area contributed by atoms with Gasteiger partial charge in [-0.05, 0) is 42.2 Å². The monoisotopic (exact) mass is 605 g/mol. The Morgan fingerprint density at radius 2 is 1.44 bits per heavy atom. The van der Waals surface area contributed by atoms with Crippen molar-refractivity contribution in [3.05, 3.63) is 112 Å². The molecule has 0 spiro atoms. The first-order chi connectivity index (χ1) is 22.0. The molecular formula is C39H47N3O3. The van der Waals surface area contributed by atoms with E-state index in [-0.39, 0.29) is 17.2 Å². The van der Waals surface area contributed by atoms with Crippen molar-refractivity contribution in [2.24, 2.45) is 7.05 Å². The van der Waals surface area contributed by atoms with Crippen LogP contribution in [0.25, 0.3) is 21.8 Å². The number of nitrogens with zero attached hydrogens (tertiary/aromatic N) is 1. The van der Waals surface area contributed by atoms with Crippen LogP contribution in [0.2, 0.25) is 0 Å². The lowest BCUT2D eigenvalue weighted by Crippen LogP contribution is -2.27. The molecular weight excluding hydrogens is 558 g/mol. The predicted octanol–water partition coefficient (Wildman–Crippen LogP) is 8.49. The topological polar surface area (TPSA) is 87.1 Å². The van der Waals surface area contributed by atoms with Gasteiger partial charge in [-0.1, -0.05) is 119 Å². The predicted molar refractivity (Wildman–Crippen MR) is 185 cm³/mol. The number of carbonyl (C=O) groups is 1. The summed E-state index contributed by atoms with van der Waals surface area (Å²) in [7, 11) is 1.75. The maximum absolute atomic E-state index is 14.0. The van der Waals surface area contributed by atoms with Gasteiger partial charge in [0.05, 0.1) is 17.0 Å². The number of hydrogen-bond donors (Lipinski definition) is 3. The summed E-state index contributed by atoms with van der Waals surface area (Å²) < 4.78 is 1.62. The third-order valence-electron chi connectivity index (χ3n) is 9.07. The molecule has 0 radical (unpaired) electrons. The number of para-hydroxylation sites is 2. The minimum absolute atomic E-state index is 0.00132. The molecule has 3 aromatic carbocycles.